The Hall–Kier alpha value is -2.28. The Morgan fingerprint density at radius 1 is 1.20 bits per heavy atom. The summed E-state index contributed by atoms with van der Waals surface area (Å²) in [6.07, 6.45) is 4.64. The van der Waals surface area contributed by atoms with E-state index in [2.05, 4.69) is 30.0 Å². The van der Waals surface area contributed by atoms with Gasteiger partial charge in [0.15, 0.2) is 0 Å². The van der Waals surface area contributed by atoms with Crippen LogP contribution < -0.4 is 0 Å². The van der Waals surface area contributed by atoms with E-state index in [1.807, 2.05) is 19.1 Å². The fraction of sp³-hybridized carbons (Fsp3) is 0.552. The summed E-state index contributed by atoms with van der Waals surface area (Å²) in [6, 6.07) is 12.1. The summed E-state index contributed by atoms with van der Waals surface area (Å²) in [6.45, 7) is 7.55. The minimum Gasteiger partial charge on any atom is -0.481 e. The Labute approximate surface area is 208 Å². The summed E-state index contributed by atoms with van der Waals surface area (Å²) < 4.78 is 20.0. The quantitative estimate of drug-likeness (QED) is 0.373. The van der Waals surface area contributed by atoms with E-state index in [1.54, 1.807) is 13.0 Å². The monoisotopic (exact) mass is 485 g/mol. The first-order chi connectivity index (χ1) is 16.7. The van der Waals surface area contributed by atoms with Gasteiger partial charge in [-0.15, -0.1) is 0 Å². The Morgan fingerprint density at radius 2 is 2.00 bits per heavy atom. The maximum atomic E-state index is 14.0. The molecule has 1 fully saturated rings. The Morgan fingerprint density at radius 3 is 2.74 bits per heavy atom. The number of rotatable bonds is 13. The largest absolute Gasteiger partial charge is 0.481 e. The summed E-state index contributed by atoms with van der Waals surface area (Å²) >= 11 is 0. The fourth-order valence-electron chi connectivity index (χ4n) is 5.01. The lowest BCUT2D eigenvalue weighted by Gasteiger charge is -2.28. The third-order valence-corrected chi connectivity index (χ3v) is 7.01. The van der Waals surface area contributed by atoms with Gasteiger partial charge in [0.05, 0.1) is 18.8 Å². The second-order valence-electron chi connectivity index (χ2n) is 10.0. The lowest BCUT2D eigenvalue weighted by molar-refractivity contribution is -0.137. The van der Waals surface area contributed by atoms with Crippen LogP contribution in [0.3, 0.4) is 0 Å². The van der Waals surface area contributed by atoms with Gasteiger partial charge in [-0.3, -0.25) is 9.69 Å². The topological polar surface area (TPSA) is 70.0 Å². The van der Waals surface area contributed by atoms with Gasteiger partial charge in [0, 0.05) is 19.0 Å². The number of hydrogen-bond acceptors (Lipinski definition) is 4. The molecular formula is C29H40FNO4. The molecule has 1 saturated heterocycles. The van der Waals surface area contributed by atoms with Gasteiger partial charge in [-0.25, -0.2) is 4.39 Å². The molecule has 5 nitrogen and oxygen atoms in total. The SMILES string of the molecule is Cc1ccc([C@@H](C)OC[C@H](O)CN2CCC[C@H]2Cc2ccc(C)c(F)c2)c(CCCCC(=O)O)c1. The number of carboxylic acid groups (broad SMARTS) is 1. The van der Waals surface area contributed by atoms with E-state index in [4.69, 9.17) is 9.84 Å². The van der Waals surface area contributed by atoms with Crippen molar-refractivity contribution in [2.45, 2.75) is 84.0 Å². The first-order valence-electron chi connectivity index (χ1n) is 12.8. The van der Waals surface area contributed by atoms with Crippen LogP contribution in [0.15, 0.2) is 36.4 Å². The Kier molecular flexibility index (Phi) is 10.3. The van der Waals surface area contributed by atoms with Crippen molar-refractivity contribution in [3.63, 3.8) is 0 Å². The molecule has 0 amide bonds. The maximum absolute atomic E-state index is 14.0. The molecule has 0 radical (unpaired) electrons. The number of hydrogen-bond donors (Lipinski definition) is 2. The van der Waals surface area contributed by atoms with Crippen LogP contribution in [0.4, 0.5) is 4.39 Å². The standard InChI is InChI=1S/C29H40FNO4/c1-20-10-13-27(24(15-20)7-4-5-9-29(33)34)22(3)35-19-26(32)18-31-14-6-8-25(31)16-23-12-11-21(2)28(30)17-23/h10-13,15,17,22,25-26,32H,4-9,14,16,18-19H2,1-3H3,(H,33,34)/t22-,25+,26-/m1/s1. The van der Waals surface area contributed by atoms with Gasteiger partial charge in [0.25, 0.3) is 0 Å². The lowest BCUT2D eigenvalue weighted by atomic mass is 9.96. The van der Waals surface area contributed by atoms with Gasteiger partial charge in [-0.1, -0.05) is 35.9 Å². The molecule has 0 saturated carbocycles. The predicted molar refractivity (Wildman–Crippen MR) is 136 cm³/mol. The van der Waals surface area contributed by atoms with Crippen molar-refractivity contribution >= 4 is 5.97 Å². The van der Waals surface area contributed by atoms with Gasteiger partial charge >= 0.3 is 5.97 Å². The molecule has 0 unspecified atom stereocenters. The predicted octanol–water partition coefficient (Wildman–Crippen LogP) is 5.39. The number of aliphatic hydroxyl groups is 1. The molecule has 3 rings (SSSR count). The van der Waals surface area contributed by atoms with E-state index >= 15 is 0 Å². The van der Waals surface area contributed by atoms with Gasteiger partial charge in [-0.2, -0.15) is 0 Å². The maximum Gasteiger partial charge on any atom is 0.303 e. The number of nitrogens with zero attached hydrogens (tertiary/aromatic N) is 1. The van der Waals surface area contributed by atoms with E-state index in [-0.39, 0.29) is 24.9 Å². The van der Waals surface area contributed by atoms with Gasteiger partial charge < -0.3 is 14.9 Å². The highest BCUT2D eigenvalue weighted by atomic mass is 19.1. The minimum atomic E-state index is -0.758. The number of carboxylic acids is 1. The van der Waals surface area contributed by atoms with Crippen molar-refractivity contribution in [2.24, 2.45) is 0 Å². The van der Waals surface area contributed by atoms with E-state index in [0.29, 0.717) is 24.6 Å². The summed E-state index contributed by atoms with van der Waals surface area (Å²) in [4.78, 5) is 13.1. The van der Waals surface area contributed by atoms with Gasteiger partial charge in [-0.05, 0) is 94.2 Å². The molecule has 2 aromatic rings. The van der Waals surface area contributed by atoms with Crippen LogP contribution in [0.25, 0.3) is 0 Å². The zero-order chi connectivity index (χ0) is 25.4. The molecule has 1 aliphatic rings. The second kappa shape index (κ2) is 13.1. The lowest BCUT2D eigenvalue weighted by Crippen LogP contribution is -2.39. The zero-order valence-corrected chi connectivity index (χ0v) is 21.3. The normalized spacial score (nSPS) is 18.0. The number of carbonyl (C=O) groups is 1. The highest BCUT2D eigenvalue weighted by molar-refractivity contribution is 5.66. The summed E-state index contributed by atoms with van der Waals surface area (Å²) in [5.41, 5.74) is 5.11. The van der Waals surface area contributed by atoms with Crippen LogP contribution in [0.5, 0.6) is 0 Å². The van der Waals surface area contributed by atoms with Gasteiger partial charge in [0.2, 0.25) is 0 Å². The highest BCUT2D eigenvalue weighted by Gasteiger charge is 2.27. The molecule has 1 aliphatic heterocycles. The van der Waals surface area contributed by atoms with Gasteiger partial charge in [0.1, 0.15) is 5.82 Å². The van der Waals surface area contributed by atoms with E-state index in [0.717, 1.165) is 49.8 Å². The summed E-state index contributed by atoms with van der Waals surface area (Å²) in [7, 11) is 0. The molecule has 192 valence electrons. The molecule has 0 bridgehead atoms. The first-order valence-corrected chi connectivity index (χ1v) is 12.8. The third kappa shape index (κ3) is 8.41. The number of unbranched alkanes of at least 4 members (excludes halogenated alkanes) is 1. The summed E-state index contributed by atoms with van der Waals surface area (Å²) in [5.74, 6) is -0.918. The van der Waals surface area contributed by atoms with Crippen LogP contribution in [0, 0.1) is 19.7 Å². The number of β-amino-alcohol motifs (C(OH)–C–C–N with tert-alkyl or cyclic N) is 1. The van der Waals surface area contributed by atoms with Crippen LogP contribution >= 0.6 is 0 Å². The number of halogens is 1. The average Bonchev–Trinajstić information content (AvgIpc) is 3.23. The molecular weight excluding hydrogens is 445 g/mol. The number of ether oxygens (including phenoxy) is 1. The van der Waals surface area contributed by atoms with Crippen LogP contribution in [-0.2, 0) is 22.4 Å². The average molecular weight is 486 g/mol. The van der Waals surface area contributed by atoms with Crippen molar-refractivity contribution in [3.8, 4) is 0 Å². The molecule has 35 heavy (non-hydrogen) atoms. The summed E-state index contributed by atoms with van der Waals surface area (Å²) in [5, 5.41) is 19.6. The Balaban J connectivity index is 1.51. The minimum absolute atomic E-state index is 0.160. The van der Waals surface area contributed by atoms with Crippen molar-refractivity contribution in [3.05, 3.63) is 70.0 Å². The number of aliphatic hydroxyl groups excluding tert-OH is 1. The second-order valence-corrected chi connectivity index (χ2v) is 10.0. The van der Waals surface area contributed by atoms with Crippen molar-refractivity contribution in [2.75, 3.05) is 19.7 Å². The molecule has 2 N–H and O–H groups in total. The van der Waals surface area contributed by atoms with Crippen molar-refractivity contribution in [1.29, 1.82) is 0 Å². The molecule has 1 heterocycles. The number of aliphatic carboxylic acids is 1. The molecule has 0 aromatic heterocycles. The molecule has 0 spiro atoms. The Bertz CT molecular complexity index is 979. The zero-order valence-electron chi connectivity index (χ0n) is 21.3. The van der Waals surface area contributed by atoms with Crippen LogP contribution in [0.1, 0.15) is 72.9 Å². The first kappa shape index (κ1) is 27.3. The third-order valence-electron chi connectivity index (χ3n) is 7.01. The molecule has 6 heteroatoms. The fourth-order valence-corrected chi connectivity index (χ4v) is 5.01. The van der Waals surface area contributed by atoms with E-state index in [9.17, 15) is 14.3 Å². The van der Waals surface area contributed by atoms with Crippen molar-refractivity contribution < 1.29 is 24.1 Å². The number of likely N-dealkylation sites (tertiary alicyclic amines) is 1. The van der Waals surface area contributed by atoms with E-state index in [1.165, 1.54) is 11.1 Å². The number of aryl methyl sites for hydroxylation is 3. The molecule has 3 atom stereocenters. The van der Waals surface area contributed by atoms with E-state index < -0.39 is 12.1 Å². The smallest absolute Gasteiger partial charge is 0.303 e. The number of benzene rings is 2. The van der Waals surface area contributed by atoms with Crippen LogP contribution in [-0.4, -0.2) is 52.9 Å². The highest BCUT2D eigenvalue weighted by Crippen LogP contribution is 2.26. The molecule has 2 aromatic carbocycles. The molecule has 0 aliphatic carbocycles. The van der Waals surface area contributed by atoms with Crippen molar-refractivity contribution in [1.82, 2.24) is 4.90 Å². The van der Waals surface area contributed by atoms with Crippen LogP contribution in [0.2, 0.25) is 0 Å².